The predicted octanol–water partition coefficient (Wildman–Crippen LogP) is 2.10. The van der Waals surface area contributed by atoms with E-state index in [9.17, 15) is 18.1 Å². The Hall–Kier alpha value is -1.05. The Labute approximate surface area is 190 Å². The van der Waals surface area contributed by atoms with Crippen molar-refractivity contribution in [2.45, 2.75) is 63.2 Å². The van der Waals surface area contributed by atoms with Crippen LogP contribution in [0.3, 0.4) is 0 Å². The Balaban J connectivity index is 0.00000392. The maximum atomic E-state index is 12.0. The van der Waals surface area contributed by atoms with E-state index in [-0.39, 0.29) is 35.3 Å². The summed E-state index contributed by atoms with van der Waals surface area (Å²) >= 11 is 0. The quantitative estimate of drug-likeness (QED) is 0.346. The van der Waals surface area contributed by atoms with E-state index in [2.05, 4.69) is 6.92 Å². The van der Waals surface area contributed by atoms with Gasteiger partial charge < -0.3 is 9.84 Å². The first-order chi connectivity index (χ1) is 12.9. The van der Waals surface area contributed by atoms with E-state index in [4.69, 9.17) is 4.74 Å². The summed E-state index contributed by atoms with van der Waals surface area (Å²) in [5.74, 6) is -0.598. The van der Waals surface area contributed by atoms with Crippen molar-refractivity contribution in [2.75, 3.05) is 0 Å². The SMILES string of the molecule is CCCCCCCCCc1cccc(Oc2c([O-])cccc2S(=O)(=O)O)c1.[Na+]. The Bertz CT molecular complexity index is 836. The van der Waals surface area contributed by atoms with Gasteiger partial charge in [-0.05, 0) is 36.6 Å². The number of hydrogen-bond acceptors (Lipinski definition) is 4. The van der Waals surface area contributed by atoms with Crippen LogP contribution in [-0.2, 0) is 16.5 Å². The van der Waals surface area contributed by atoms with Gasteiger partial charge in [0.2, 0.25) is 0 Å². The molecule has 2 rings (SSSR count). The van der Waals surface area contributed by atoms with E-state index in [0.717, 1.165) is 24.5 Å². The Morgan fingerprint density at radius 1 is 0.964 bits per heavy atom. The van der Waals surface area contributed by atoms with E-state index < -0.39 is 20.8 Å². The molecule has 148 valence electrons. The molecule has 28 heavy (non-hydrogen) atoms. The maximum Gasteiger partial charge on any atom is 1.00 e. The molecule has 0 radical (unpaired) electrons. The fourth-order valence-corrected chi connectivity index (χ4v) is 3.60. The molecule has 7 heteroatoms. The van der Waals surface area contributed by atoms with Gasteiger partial charge in [0.1, 0.15) is 16.4 Å². The molecule has 1 N–H and O–H groups in total. The predicted molar refractivity (Wildman–Crippen MR) is 104 cm³/mol. The zero-order valence-electron chi connectivity index (χ0n) is 16.7. The first kappa shape index (κ1) is 25.0. The third-order valence-electron chi connectivity index (χ3n) is 4.41. The first-order valence-corrected chi connectivity index (χ1v) is 10.9. The van der Waals surface area contributed by atoms with Gasteiger partial charge in [-0.25, -0.2) is 0 Å². The first-order valence-electron chi connectivity index (χ1n) is 9.46. The van der Waals surface area contributed by atoms with Gasteiger partial charge >= 0.3 is 29.6 Å². The van der Waals surface area contributed by atoms with E-state index in [1.165, 1.54) is 50.7 Å². The molecule has 0 atom stereocenters. The van der Waals surface area contributed by atoms with Crippen LogP contribution >= 0.6 is 0 Å². The van der Waals surface area contributed by atoms with Gasteiger partial charge in [-0.1, -0.05) is 75.5 Å². The summed E-state index contributed by atoms with van der Waals surface area (Å²) in [4.78, 5) is -0.521. The summed E-state index contributed by atoms with van der Waals surface area (Å²) in [6.45, 7) is 2.21. The zero-order valence-corrected chi connectivity index (χ0v) is 19.5. The Kier molecular flexibility index (Phi) is 11.2. The Morgan fingerprint density at radius 2 is 1.61 bits per heavy atom. The van der Waals surface area contributed by atoms with Crippen molar-refractivity contribution in [3.05, 3.63) is 48.0 Å². The number of para-hydroxylation sites is 1. The van der Waals surface area contributed by atoms with Crippen LogP contribution in [0.1, 0.15) is 57.4 Å². The van der Waals surface area contributed by atoms with Crippen molar-refractivity contribution in [1.82, 2.24) is 0 Å². The molecule has 5 nitrogen and oxygen atoms in total. The minimum absolute atomic E-state index is 0. The molecule has 0 fully saturated rings. The number of hydrogen-bond donors (Lipinski definition) is 1. The molecule has 2 aromatic carbocycles. The van der Waals surface area contributed by atoms with Crippen LogP contribution in [0.25, 0.3) is 0 Å². The molecule has 0 bridgehead atoms. The standard InChI is InChI=1S/C21H28O5S.Na/c1-2-3-4-5-6-7-8-11-17-12-9-13-18(16-17)26-21-19(22)14-10-15-20(21)27(23,24)25;/h9-10,12-16,22H,2-8,11H2,1H3,(H,23,24,25);/q;+1/p-1. The van der Waals surface area contributed by atoms with Gasteiger partial charge in [0, 0.05) is 0 Å². The van der Waals surface area contributed by atoms with Gasteiger partial charge in [0.15, 0.2) is 0 Å². The van der Waals surface area contributed by atoms with E-state index in [1.807, 2.05) is 12.1 Å². The third kappa shape index (κ3) is 8.13. The summed E-state index contributed by atoms with van der Waals surface area (Å²) in [6.07, 6.45) is 9.49. The minimum atomic E-state index is -4.54. The third-order valence-corrected chi connectivity index (χ3v) is 5.29. The number of ether oxygens (including phenoxy) is 1. The van der Waals surface area contributed by atoms with Crippen molar-refractivity contribution in [1.29, 1.82) is 0 Å². The van der Waals surface area contributed by atoms with E-state index >= 15 is 0 Å². The molecule has 0 aliphatic heterocycles. The molecular formula is C21H27NaO5S. The average molecular weight is 414 g/mol. The molecule has 0 aliphatic carbocycles. The summed E-state index contributed by atoms with van der Waals surface area (Å²) in [5, 5.41) is 12.0. The van der Waals surface area contributed by atoms with Gasteiger partial charge in [-0.2, -0.15) is 8.42 Å². The van der Waals surface area contributed by atoms with Crippen molar-refractivity contribution in [3.8, 4) is 17.2 Å². The zero-order chi connectivity index (χ0) is 19.7. The normalized spacial score (nSPS) is 11.1. The second-order valence-electron chi connectivity index (χ2n) is 6.68. The molecule has 0 spiro atoms. The number of benzene rings is 2. The van der Waals surface area contributed by atoms with Crippen LogP contribution < -0.4 is 39.4 Å². The van der Waals surface area contributed by atoms with Crippen molar-refractivity contribution < 1.29 is 52.4 Å². The van der Waals surface area contributed by atoms with Crippen LogP contribution in [0.15, 0.2) is 47.4 Å². The minimum Gasteiger partial charge on any atom is -0.870 e. The topological polar surface area (TPSA) is 86.7 Å². The van der Waals surface area contributed by atoms with Gasteiger partial charge in [0.05, 0.1) is 0 Å². The van der Waals surface area contributed by atoms with Crippen LogP contribution in [0.5, 0.6) is 17.2 Å². The van der Waals surface area contributed by atoms with Crippen molar-refractivity contribution >= 4 is 10.1 Å². The maximum absolute atomic E-state index is 12.0. The molecule has 0 amide bonds. The molecule has 0 unspecified atom stereocenters. The number of rotatable bonds is 11. The summed E-state index contributed by atoms with van der Waals surface area (Å²) in [6, 6.07) is 10.9. The van der Waals surface area contributed by atoms with E-state index in [1.54, 1.807) is 12.1 Å². The fraction of sp³-hybridized carbons (Fsp3) is 0.429. The number of aryl methyl sites for hydroxylation is 1. The van der Waals surface area contributed by atoms with Crippen LogP contribution in [0, 0.1) is 0 Å². The molecule has 0 heterocycles. The van der Waals surface area contributed by atoms with Gasteiger partial charge in [-0.3, -0.25) is 4.55 Å². The van der Waals surface area contributed by atoms with Gasteiger partial charge in [-0.15, -0.1) is 0 Å². The van der Waals surface area contributed by atoms with E-state index in [0.29, 0.717) is 5.75 Å². The van der Waals surface area contributed by atoms with Crippen molar-refractivity contribution in [3.63, 3.8) is 0 Å². The summed E-state index contributed by atoms with van der Waals surface area (Å²) in [7, 11) is -4.54. The molecule has 0 aromatic heterocycles. The molecular weight excluding hydrogens is 387 g/mol. The molecule has 0 saturated heterocycles. The fourth-order valence-electron chi connectivity index (χ4n) is 2.97. The number of unbranched alkanes of at least 4 members (excludes halogenated alkanes) is 6. The summed E-state index contributed by atoms with van der Waals surface area (Å²) in [5.41, 5.74) is 1.07. The molecule has 2 aromatic rings. The second kappa shape index (κ2) is 12.5. The second-order valence-corrected chi connectivity index (χ2v) is 8.07. The summed E-state index contributed by atoms with van der Waals surface area (Å²) < 4.78 is 37.8. The van der Waals surface area contributed by atoms with Gasteiger partial charge in [0.25, 0.3) is 10.1 Å². The molecule has 0 saturated carbocycles. The van der Waals surface area contributed by atoms with Crippen LogP contribution in [-0.4, -0.2) is 13.0 Å². The largest absolute Gasteiger partial charge is 1.00 e. The smallest absolute Gasteiger partial charge is 0.870 e. The van der Waals surface area contributed by atoms with Crippen molar-refractivity contribution in [2.24, 2.45) is 0 Å². The van der Waals surface area contributed by atoms with Crippen LogP contribution in [0.2, 0.25) is 0 Å². The average Bonchev–Trinajstić information content (AvgIpc) is 2.62. The Morgan fingerprint density at radius 3 is 2.29 bits per heavy atom. The van der Waals surface area contributed by atoms with Crippen LogP contribution in [0.4, 0.5) is 0 Å². The monoisotopic (exact) mass is 414 g/mol. The molecule has 0 aliphatic rings.